The Kier molecular flexibility index (Phi) is 4.87. The molecule has 0 unspecified atom stereocenters. The van der Waals surface area contributed by atoms with E-state index in [0.717, 1.165) is 42.1 Å². The highest BCUT2D eigenvalue weighted by atomic mass is 35.5. The van der Waals surface area contributed by atoms with Gasteiger partial charge in [0.15, 0.2) is 0 Å². The molecule has 1 amide bonds. The lowest BCUT2D eigenvalue weighted by molar-refractivity contribution is 0.0635. The molecular weight excluding hydrogens is 380 g/mol. The fourth-order valence-corrected chi connectivity index (χ4v) is 5.42. The molecule has 2 aromatic rings. The van der Waals surface area contributed by atoms with Crippen molar-refractivity contribution in [1.82, 2.24) is 4.90 Å². The Hall–Kier alpha value is -2.26. The zero-order chi connectivity index (χ0) is 20.0. The number of hydrogen-bond acceptors (Lipinski definition) is 2. The van der Waals surface area contributed by atoms with Crippen molar-refractivity contribution in [3.05, 3.63) is 76.3 Å². The van der Waals surface area contributed by atoms with Crippen LogP contribution in [0.25, 0.3) is 0 Å². The van der Waals surface area contributed by atoms with Gasteiger partial charge in [-0.25, -0.2) is 0 Å². The van der Waals surface area contributed by atoms with Crippen LogP contribution in [-0.2, 0) is 0 Å². The molecule has 0 radical (unpaired) electrons. The van der Waals surface area contributed by atoms with Gasteiger partial charge in [-0.3, -0.25) is 4.79 Å². The van der Waals surface area contributed by atoms with Gasteiger partial charge in [0.2, 0.25) is 0 Å². The zero-order valence-corrected chi connectivity index (χ0v) is 17.5. The van der Waals surface area contributed by atoms with Crippen molar-refractivity contribution in [2.24, 2.45) is 5.92 Å². The van der Waals surface area contributed by atoms with Gasteiger partial charge >= 0.3 is 0 Å². The maximum Gasteiger partial charge on any atom is 0.254 e. The van der Waals surface area contributed by atoms with E-state index in [1.54, 1.807) is 0 Å². The highest BCUT2D eigenvalue weighted by molar-refractivity contribution is 6.30. The normalized spacial score (nSPS) is 27.9. The van der Waals surface area contributed by atoms with E-state index in [4.69, 9.17) is 11.6 Å². The molecule has 1 N–H and O–H groups in total. The van der Waals surface area contributed by atoms with Crippen molar-refractivity contribution in [3.63, 3.8) is 0 Å². The molecule has 1 saturated heterocycles. The number of carbonyl (C=O) groups is 1. The number of benzene rings is 2. The van der Waals surface area contributed by atoms with Crippen molar-refractivity contribution in [2.75, 3.05) is 11.9 Å². The quantitative estimate of drug-likeness (QED) is 0.604. The minimum Gasteiger partial charge on any atom is -0.378 e. The second-order valence-electron chi connectivity index (χ2n) is 8.67. The molecular formula is C25H27ClN2O. The van der Waals surface area contributed by atoms with E-state index in [0.29, 0.717) is 17.9 Å². The lowest BCUT2D eigenvalue weighted by Gasteiger charge is -2.38. The predicted octanol–water partition coefficient (Wildman–Crippen LogP) is 6.18. The molecule has 2 aromatic carbocycles. The Morgan fingerprint density at radius 2 is 1.97 bits per heavy atom. The number of allylic oxidation sites excluding steroid dienone is 2. The molecule has 4 heteroatoms. The third-order valence-corrected chi connectivity index (χ3v) is 7.15. The third-order valence-electron chi connectivity index (χ3n) is 6.90. The van der Waals surface area contributed by atoms with E-state index in [9.17, 15) is 4.79 Å². The molecule has 1 aliphatic carbocycles. The summed E-state index contributed by atoms with van der Waals surface area (Å²) in [5.41, 5.74) is 4.48. The van der Waals surface area contributed by atoms with Crippen LogP contribution in [-0.4, -0.2) is 23.4 Å². The number of nitrogens with one attached hydrogen (secondary N) is 1. The average Bonchev–Trinajstić information content (AvgIpc) is 3.24. The van der Waals surface area contributed by atoms with Crippen LogP contribution in [0.5, 0.6) is 0 Å². The Labute approximate surface area is 177 Å². The van der Waals surface area contributed by atoms with Crippen molar-refractivity contribution >= 4 is 23.2 Å². The first-order valence-electron chi connectivity index (χ1n) is 10.8. The molecule has 1 fully saturated rings. The van der Waals surface area contributed by atoms with Crippen LogP contribution in [0.2, 0.25) is 5.02 Å². The summed E-state index contributed by atoms with van der Waals surface area (Å²) in [4.78, 5) is 15.2. The van der Waals surface area contributed by atoms with Crippen LogP contribution in [0, 0.1) is 5.92 Å². The van der Waals surface area contributed by atoms with E-state index in [1.165, 1.54) is 17.5 Å². The van der Waals surface area contributed by atoms with Crippen LogP contribution in [0.15, 0.2) is 54.6 Å². The smallest absolute Gasteiger partial charge is 0.254 e. The maximum absolute atomic E-state index is 13.2. The summed E-state index contributed by atoms with van der Waals surface area (Å²) < 4.78 is 0. The molecule has 150 valence electrons. The first kappa shape index (κ1) is 18.7. The SMILES string of the molecule is C[C@H]1CCCCN1C(=O)c1ccc2c(c1)[C@H]1C=CC[C@@H]1[C@H](c1ccc(Cl)cc1)N2. The number of piperidine rings is 1. The van der Waals surface area contributed by atoms with Crippen molar-refractivity contribution < 1.29 is 4.79 Å². The number of carbonyl (C=O) groups excluding carboxylic acids is 1. The largest absolute Gasteiger partial charge is 0.378 e. The Bertz CT molecular complexity index is 952. The number of halogens is 1. The summed E-state index contributed by atoms with van der Waals surface area (Å²) in [6, 6.07) is 15.0. The highest BCUT2D eigenvalue weighted by Crippen LogP contribution is 2.50. The number of anilines is 1. The summed E-state index contributed by atoms with van der Waals surface area (Å²) in [6.07, 6.45) is 9.10. The van der Waals surface area contributed by atoms with Crippen LogP contribution in [0.1, 0.15) is 66.1 Å². The van der Waals surface area contributed by atoms with Crippen LogP contribution in [0.3, 0.4) is 0 Å². The monoisotopic (exact) mass is 406 g/mol. The molecule has 5 rings (SSSR count). The van der Waals surface area contributed by atoms with Gasteiger partial charge in [0.1, 0.15) is 0 Å². The Morgan fingerprint density at radius 3 is 2.76 bits per heavy atom. The average molecular weight is 407 g/mol. The van der Waals surface area contributed by atoms with E-state index in [-0.39, 0.29) is 11.9 Å². The van der Waals surface area contributed by atoms with Crippen LogP contribution in [0.4, 0.5) is 5.69 Å². The highest BCUT2D eigenvalue weighted by Gasteiger charge is 2.38. The summed E-state index contributed by atoms with van der Waals surface area (Å²) in [7, 11) is 0. The van der Waals surface area contributed by atoms with Gasteiger partial charge in [-0.05, 0) is 80.0 Å². The molecule has 2 aliphatic heterocycles. The Balaban J connectivity index is 1.47. The van der Waals surface area contributed by atoms with Crippen LogP contribution < -0.4 is 5.32 Å². The number of likely N-dealkylation sites (tertiary alicyclic amines) is 1. The molecule has 0 aromatic heterocycles. The number of rotatable bonds is 2. The minimum absolute atomic E-state index is 0.179. The van der Waals surface area contributed by atoms with Gasteiger partial charge in [-0.15, -0.1) is 0 Å². The van der Waals surface area contributed by atoms with Gasteiger partial charge < -0.3 is 10.2 Å². The number of nitrogens with zero attached hydrogens (tertiary/aromatic N) is 1. The summed E-state index contributed by atoms with van der Waals surface area (Å²) >= 11 is 6.10. The number of hydrogen-bond donors (Lipinski definition) is 1. The number of amides is 1. The van der Waals surface area contributed by atoms with Crippen molar-refractivity contribution in [2.45, 2.75) is 50.6 Å². The second-order valence-corrected chi connectivity index (χ2v) is 9.11. The second kappa shape index (κ2) is 7.53. The molecule has 0 saturated carbocycles. The van der Waals surface area contributed by atoms with Gasteiger partial charge in [-0.2, -0.15) is 0 Å². The summed E-state index contributed by atoms with van der Waals surface area (Å²) in [6.45, 7) is 3.05. The maximum atomic E-state index is 13.2. The minimum atomic E-state index is 0.179. The first-order valence-corrected chi connectivity index (χ1v) is 11.1. The molecule has 4 atom stereocenters. The van der Waals surface area contributed by atoms with E-state index in [2.05, 4.69) is 53.6 Å². The van der Waals surface area contributed by atoms with Gasteiger partial charge in [0, 0.05) is 34.8 Å². The zero-order valence-electron chi connectivity index (χ0n) is 16.8. The number of fused-ring (bicyclic) bond motifs is 3. The van der Waals surface area contributed by atoms with Gasteiger partial charge in [0.25, 0.3) is 5.91 Å². The molecule has 0 spiro atoms. The first-order chi connectivity index (χ1) is 14.1. The molecule has 2 heterocycles. The van der Waals surface area contributed by atoms with Crippen molar-refractivity contribution in [1.29, 1.82) is 0 Å². The van der Waals surface area contributed by atoms with Crippen molar-refractivity contribution in [3.8, 4) is 0 Å². The van der Waals surface area contributed by atoms with E-state index < -0.39 is 0 Å². The predicted molar refractivity (Wildman–Crippen MR) is 119 cm³/mol. The van der Waals surface area contributed by atoms with E-state index >= 15 is 0 Å². The summed E-state index contributed by atoms with van der Waals surface area (Å²) in [5.74, 6) is 0.986. The topological polar surface area (TPSA) is 32.3 Å². The lowest BCUT2D eigenvalue weighted by atomic mass is 9.76. The summed E-state index contributed by atoms with van der Waals surface area (Å²) in [5, 5.41) is 4.52. The van der Waals surface area contributed by atoms with E-state index in [1.807, 2.05) is 18.2 Å². The lowest BCUT2D eigenvalue weighted by Crippen LogP contribution is -2.42. The fraction of sp³-hybridized carbons (Fsp3) is 0.400. The van der Waals surface area contributed by atoms with Crippen LogP contribution >= 0.6 is 11.6 Å². The fourth-order valence-electron chi connectivity index (χ4n) is 5.29. The molecule has 0 bridgehead atoms. The molecule has 3 nitrogen and oxygen atoms in total. The third kappa shape index (κ3) is 3.36. The molecule has 29 heavy (non-hydrogen) atoms. The molecule has 3 aliphatic rings. The Morgan fingerprint density at radius 1 is 1.14 bits per heavy atom. The standard InChI is InChI=1S/C25H27ClN2O/c1-16-5-2-3-14-28(16)25(29)18-10-13-23-22(15-18)20-6-4-7-21(20)24(27-23)17-8-11-19(26)12-9-17/h4,6,8-13,15-16,20-21,24,27H,2-3,5,7,14H2,1H3/t16-,20-,21-,24-/m0/s1. The van der Waals surface area contributed by atoms with Gasteiger partial charge in [-0.1, -0.05) is 35.9 Å². The van der Waals surface area contributed by atoms with Gasteiger partial charge in [0.05, 0.1) is 6.04 Å².